The minimum atomic E-state index is -0.290. The highest BCUT2D eigenvalue weighted by Gasteiger charge is 2.23. The van der Waals surface area contributed by atoms with Crippen LogP contribution >= 0.6 is 0 Å². The number of benzene rings is 2. The molecule has 2 N–H and O–H groups in total. The molecule has 1 saturated heterocycles. The van der Waals surface area contributed by atoms with Gasteiger partial charge in [0.2, 0.25) is 5.91 Å². The normalized spacial score (nSPS) is 14.5. The molecule has 0 aromatic heterocycles. The standard InChI is InChI=1S/C21H25N3O3/c1-15(21(26)24-13-3-4-14-24)22-17-7-5-16(6-8-17)20(25)23-18-9-11-19(27-2)12-10-18/h5-12,15,22H,3-4,13-14H2,1-2H3,(H,23,25)/t15-/m0/s1. The molecule has 0 aliphatic carbocycles. The van der Waals surface area contributed by atoms with Crippen LogP contribution in [0.1, 0.15) is 30.1 Å². The molecule has 1 aliphatic heterocycles. The van der Waals surface area contributed by atoms with Crippen LogP contribution in [0.15, 0.2) is 48.5 Å². The van der Waals surface area contributed by atoms with E-state index in [1.54, 1.807) is 43.5 Å². The van der Waals surface area contributed by atoms with Crippen molar-refractivity contribution in [1.29, 1.82) is 0 Å². The molecule has 142 valence electrons. The second-order valence-corrected chi connectivity index (χ2v) is 6.66. The third-order valence-corrected chi connectivity index (χ3v) is 4.67. The lowest BCUT2D eigenvalue weighted by atomic mass is 10.1. The van der Waals surface area contributed by atoms with E-state index in [0.717, 1.165) is 37.4 Å². The van der Waals surface area contributed by atoms with Crippen molar-refractivity contribution in [2.75, 3.05) is 30.8 Å². The number of likely N-dealkylation sites (tertiary alicyclic amines) is 1. The van der Waals surface area contributed by atoms with Gasteiger partial charge in [-0.1, -0.05) is 0 Å². The van der Waals surface area contributed by atoms with E-state index in [1.165, 1.54) is 0 Å². The Morgan fingerprint density at radius 2 is 1.56 bits per heavy atom. The summed E-state index contributed by atoms with van der Waals surface area (Å²) in [4.78, 5) is 26.6. The molecule has 1 atom stereocenters. The molecule has 1 heterocycles. The molecule has 0 unspecified atom stereocenters. The Morgan fingerprint density at radius 1 is 0.963 bits per heavy atom. The summed E-state index contributed by atoms with van der Waals surface area (Å²) in [5.41, 5.74) is 2.07. The van der Waals surface area contributed by atoms with Crippen molar-refractivity contribution >= 4 is 23.2 Å². The molecule has 3 rings (SSSR count). The Bertz CT molecular complexity index is 781. The molecule has 1 aliphatic rings. The second kappa shape index (κ2) is 8.58. The first-order valence-corrected chi connectivity index (χ1v) is 9.17. The van der Waals surface area contributed by atoms with Crippen LogP contribution in [0, 0.1) is 0 Å². The maximum Gasteiger partial charge on any atom is 0.255 e. The van der Waals surface area contributed by atoms with Crippen molar-refractivity contribution in [3.63, 3.8) is 0 Å². The molecule has 1 fully saturated rings. The highest BCUT2D eigenvalue weighted by atomic mass is 16.5. The topological polar surface area (TPSA) is 70.7 Å². The zero-order valence-electron chi connectivity index (χ0n) is 15.7. The van der Waals surface area contributed by atoms with Crippen LogP contribution in [-0.2, 0) is 4.79 Å². The van der Waals surface area contributed by atoms with Gasteiger partial charge in [-0.2, -0.15) is 0 Å². The first-order valence-electron chi connectivity index (χ1n) is 9.17. The maximum atomic E-state index is 12.4. The van der Waals surface area contributed by atoms with Gasteiger partial charge in [-0.25, -0.2) is 0 Å². The van der Waals surface area contributed by atoms with Gasteiger partial charge >= 0.3 is 0 Å². The van der Waals surface area contributed by atoms with Crippen LogP contribution in [0.5, 0.6) is 5.75 Å². The van der Waals surface area contributed by atoms with Crippen LogP contribution < -0.4 is 15.4 Å². The molecule has 2 amide bonds. The monoisotopic (exact) mass is 367 g/mol. The van der Waals surface area contributed by atoms with Crippen molar-refractivity contribution in [2.24, 2.45) is 0 Å². The summed E-state index contributed by atoms with van der Waals surface area (Å²) < 4.78 is 5.11. The second-order valence-electron chi connectivity index (χ2n) is 6.66. The van der Waals surface area contributed by atoms with E-state index >= 15 is 0 Å². The molecule has 6 heteroatoms. The van der Waals surface area contributed by atoms with Gasteiger partial charge in [-0.15, -0.1) is 0 Å². The van der Waals surface area contributed by atoms with Crippen molar-refractivity contribution < 1.29 is 14.3 Å². The number of nitrogens with one attached hydrogen (secondary N) is 2. The Hall–Kier alpha value is -3.02. The first-order chi connectivity index (χ1) is 13.1. The van der Waals surface area contributed by atoms with Gasteiger partial charge < -0.3 is 20.3 Å². The number of anilines is 2. The molecular formula is C21H25N3O3. The van der Waals surface area contributed by atoms with Gasteiger partial charge in [0.15, 0.2) is 0 Å². The number of carbonyl (C=O) groups excluding carboxylic acids is 2. The minimum absolute atomic E-state index is 0.119. The maximum absolute atomic E-state index is 12.4. The quantitative estimate of drug-likeness (QED) is 0.821. The number of carbonyl (C=O) groups is 2. The SMILES string of the molecule is COc1ccc(NC(=O)c2ccc(N[C@@H](C)C(=O)N3CCCC3)cc2)cc1. The van der Waals surface area contributed by atoms with Crippen LogP contribution in [-0.4, -0.2) is 43.0 Å². The highest BCUT2D eigenvalue weighted by Crippen LogP contribution is 2.17. The minimum Gasteiger partial charge on any atom is -0.497 e. The highest BCUT2D eigenvalue weighted by molar-refractivity contribution is 6.04. The fourth-order valence-corrected chi connectivity index (χ4v) is 3.12. The van der Waals surface area contributed by atoms with E-state index < -0.39 is 0 Å². The number of nitrogens with zero attached hydrogens (tertiary/aromatic N) is 1. The van der Waals surface area contributed by atoms with E-state index in [1.807, 2.05) is 24.0 Å². The number of amides is 2. The molecule has 0 spiro atoms. The summed E-state index contributed by atoms with van der Waals surface area (Å²) in [5.74, 6) is 0.669. The predicted octanol–water partition coefficient (Wildman–Crippen LogP) is 3.37. The fourth-order valence-electron chi connectivity index (χ4n) is 3.12. The summed E-state index contributed by atoms with van der Waals surface area (Å²) in [6, 6.07) is 14.0. The number of hydrogen-bond donors (Lipinski definition) is 2. The smallest absolute Gasteiger partial charge is 0.255 e. The molecule has 0 radical (unpaired) electrons. The fraction of sp³-hybridized carbons (Fsp3) is 0.333. The predicted molar refractivity (Wildman–Crippen MR) is 106 cm³/mol. The van der Waals surface area contributed by atoms with E-state index in [-0.39, 0.29) is 17.9 Å². The number of rotatable bonds is 6. The average Bonchev–Trinajstić information content (AvgIpc) is 3.23. The zero-order chi connectivity index (χ0) is 19.2. The Balaban J connectivity index is 1.57. The number of hydrogen-bond acceptors (Lipinski definition) is 4. The lowest BCUT2D eigenvalue weighted by molar-refractivity contribution is -0.130. The largest absolute Gasteiger partial charge is 0.497 e. The molecule has 2 aromatic rings. The van der Waals surface area contributed by atoms with Crippen LogP contribution in [0.3, 0.4) is 0 Å². The van der Waals surface area contributed by atoms with Crippen molar-refractivity contribution in [1.82, 2.24) is 4.90 Å². The van der Waals surface area contributed by atoms with Crippen LogP contribution in [0.2, 0.25) is 0 Å². The van der Waals surface area contributed by atoms with Crippen molar-refractivity contribution in [3.05, 3.63) is 54.1 Å². The van der Waals surface area contributed by atoms with Gasteiger partial charge in [-0.05, 0) is 68.3 Å². The summed E-state index contributed by atoms with van der Waals surface area (Å²) in [7, 11) is 1.60. The molecule has 6 nitrogen and oxygen atoms in total. The van der Waals surface area contributed by atoms with E-state index in [9.17, 15) is 9.59 Å². The number of methoxy groups -OCH3 is 1. The van der Waals surface area contributed by atoms with Crippen molar-refractivity contribution in [3.8, 4) is 5.75 Å². The zero-order valence-corrected chi connectivity index (χ0v) is 15.7. The van der Waals surface area contributed by atoms with Gasteiger partial charge in [0, 0.05) is 30.0 Å². The first kappa shape index (κ1) is 18.8. The van der Waals surface area contributed by atoms with Crippen LogP contribution in [0.4, 0.5) is 11.4 Å². The summed E-state index contributed by atoms with van der Waals surface area (Å²) in [5, 5.41) is 6.06. The lowest BCUT2D eigenvalue weighted by Crippen LogP contribution is -2.39. The summed E-state index contributed by atoms with van der Waals surface area (Å²) in [6.45, 7) is 3.55. The van der Waals surface area contributed by atoms with Gasteiger partial charge in [-0.3, -0.25) is 9.59 Å². The van der Waals surface area contributed by atoms with Gasteiger partial charge in [0.1, 0.15) is 11.8 Å². The van der Waals surface area contributed by atoms with Crippen LogP contribution in [0.25, 0.3) is 0 Å². The third kappa shape index (κ3) is 4.78. The Labute approximate surface area is 159 Å². The third-order valence-electron chi connectivity index (χ3n) is 4.67. The molecule has 27 heavy (non-hydrogen) atoms. The van der Waals surface area contributed by atoms with Crippen molar-refractivity contribution in [2.45, 2.75) is 25.8 Å². The molecule has 0 bridgehead atoms. The molecule has 0 saturated carbocycles. The van der Waals surface area contributed by atoms with E-state index in [0.29, 0.717) is 11.3 Å². The number of ether oxygens (including phenoxy) is 1. The lowest BCUT2D eigenvalue weighted by Gasteiger charge is -2.22. The Morgan fingerprint density at radius 3 is 2.15 bits per heavy atom. The molecular weight excluding hydrogens is 342 g/mol. The molecule has 2 aromatic carbocycles. The Kier molecular flexibility index (Phi) is 5.96. The van der Waals surface area contributed by atoms with E-state index in [4.69, 9.17) is 4.74 Å². The summed E-state index contributed by atoms with van der Waals surface area (Å²) in [6.07, 6.45) is 2.16. The van der Waals surface area contributed by atoms with Gasteiger partial charge in [0.25, 0.3) is 5.91 Å². The van der Waals surface area contributed by atoms with Gasteiger partial charge in [0.05, 0.1) is 7.11 Å². The summed E-state index contributed by atoms with van der Waals surface area (Å²) >= 11 is 0. The van der Waals surface area contributed by atoms with E-state index in [2.05, 4.69) is 10.6 Å². The average molecular weight is 367 g/mol.